The van der Waals surface area contributed by atoms with Crippen molar-refractivity contribution in [3.8, 4) is 0 Å². The fourth-order valence-corrected chi connectivity index (χ4v) is 3.08. The standard InChI is InChI=1S/C13H24N2S/c1-7-10(8-14-6)11-9(2)15-12(16-11)13(3,4)5/h10,14H,7-8H2,1-6H3. The van der Waals surface area contributed by atoms with Crippen LogP contribution >= 0.6 is 11.3 Å². The van der Waals surface area contributed by atoms with Crippen molar-refractivity contribution in [2.24, 2.45) is 0 Å². The number of aryl methyl sites for hydroxylation is 1. The van der Waals surface area contributed by atoms with Crippen molar-refractivity contribution >= 4 is 11.3 Å². The molecule has 2 nitrogen and oxygen atoms in total. The van der Waals surface area contributed by atoms with Gasteiger partial charge in [-0.15, -0.1) is 11.3 Å². The molecular formula is C13H24N2S. The number of aromatic nitrogens is 1. The first-order valence-corrected chi connectivity index (χ1v) is 6.84. The molecule has 3 heteroatoms. The van der Waals surface area contributed by atoms with Crippen LogP contribution in [-0.2, 0) is 5.41 Å². The maximum atomic E-state index is 4.72. The average molecular weight is 240 g/mol. The highest BCUT2D eigenvalue weighted by Gasteiger charge is 2.22. The van der Waals surface area contributed by atoms with Gasteiger partial charge >= 0.3 is 0 Å². The maximum absolute atomic E-state index is 4.72. The van der Waals surface area contributed by atoms with Gasteiger partial charge in [-0.05, 0) is 20.4 Å². The fourth-order valence-electron chi connectivity index (χ4n) is 1.78. The van der Waals surface area contributed by atoms with Gasteiger partial charge in [0.15, 0.2) is 0 Å². The molecule has 1 aromatic heterocycles. The smallest absolute Gasteiger partial charge is 0.0984 e. The van der Waals surface area contributed by atoms with Gasteiger partial charge < -0.3 is 5.32 Å². The van der Waals surface area contributed by atoms with E-state index in [1.807, 2.05) is 18.4 Å². The lowest BCUT2D eigenvalue weighted by atomic mass is 9.98. The third-order valence-corrected chi connectivity index (χ3v) is 4.53. The Kier molecular flexibility index (Phi) is 4.51. The maximum Gasteiger partial charge on any atom is 0.0984 e. The second-order valence-electron chi connectivity index (χ2n) is 5.38. The summed E-state index contributed by atoms with van der Waals surface area (Å²) in [4.78, 5) is 6.18. The molecule has 92 valence electrons. The van der Waals surface area contributed by atoms with E-state index >= 15 is 0 Å². The van der Waals surface area contributed by atoms with E-state index in [1.54, 1.807) is 0 Å². The SMILES string of the molecule is CCC(CNC)c1sc(C(C)(C)C)nc1C. The number of thiazole rings is 1. The molecule has 0 aliphatic heterocycles. The topological polar surface area (TPSA) is 24.9 Å². The van der Waals surface area contributed by atoms with Crippen molar-refractivity contribution in [1.82, 2.24) is 10.3 Å². The Morgan fingerprint density at radius 3 is 2.38 bits per heavy atom. The van der Waals surface area contributed by atoms with Crippen LogP contribution in [0.25, 0.3) is 0 Å². The summed E-state index contributed by atoms with van der Waals surface area (Å²) in [5.74, 6) is 0.610. The molecule has 0 amide bonds. The predicted molar refractivity (Wildman–Crippen MR) is 72.5 cm³/mol. The number of hydrogen-bond acceptors (Lipinski definition) is 3. The minimum absolute atomic E-state index is 0.172. The van der Waals surface area contributed by atoms with Crippen LogP contribution in [0.2, 0.25) is 0 Å². The molecule has 0 bridgehead atoms. The van der Waals surface area contributed by atoms with Crippen LogP contribution in [0.3, 0.4) is 0 Å². The first-order valence-electron chi connectivity index (χ1n) is 6.02. The van der Waals surface area contributed by atoms with Gasteiger partial charge in [-0.2, -0.15) is 0 Å². The second-order valence-corrected chi connectivity index (χ2v) is 6.41. The van der Waals surface area contributed by atoms with Crippen LogP contribution in [0.1, 0.15) is 55.6 Å². The summed E-state index contributed by atoms with van der Waals surface area (Å²) in [6, 6.07) is 0. The van der Waals surface area contributed by atoms with Crippen LogP contribution in [0, 0.1) is 6.92 Å². The minimum Gasteiger partial charge on any atom is -0.319 e. The summed E-state index contributed by atoms with van der Waals surface area (Å²) in [5.41, 5.74) is 1.39. The average Bonchev–Trinajstić information content (AvgIpc) is 2.56. The van der Waals surface area contributed by atoms with Gasteiger partial charge in [0.2, 0.25) is 0 Å². The third kappa shape index (κ3) is 3.05. The largest absolute Gasteiger partial charge is 0.319 e. The van der Waals surface area contributed by atoms with Gasteiger partial charge in [0.25, 0.3) is 0 Å². The highest BCUT2D eigenvalue weighted by Crippen LogP contribution is 2.34. The Balaban J connectivity index is 3.00. The van der Waals surface area contributed by atoms with E-state index in [4.69, 9.17) is 4.98 Å². The van der Waals surface area contributed by atoms with Crippen molar-refractivity contribution in [2.45, 2.75) is 52.4 Å². The number of hydrogen-bond donors (Lipinski definition) is 1. The quantitative estimate of drug-likeness (QED) is 0.872. The van der Waals surface area contributed by atoms with Gasteiger partial charge in [0.1, 0.15) is 0 Å². The van der Waals surface area contributed by atoms with E-state index in [0.29, 0.717) is 5.92 Å². The molecule has 0 saturated carbocycles. The molecule has 1 N–H and O–H groups in total. The van der Waals surface area contributed by atoms with Gasteiger partial charge in [-0.1, -0.05) is 27.7 Å². The molecule has 0 aliphatic carbocycles. The lowest BCUT2D eigenvalue weighted by Gasteiger charge is -2.14. The summed E-state index contributed by atoms with van der Waals surface area (Å²) in [7, 11) is 2.02. The van der Waals surface area contributed by atoms with Crippen LogP contribution < -0.4 is 5.32 Å². The fraction of sp³-hybridized carbons (Fsp3) is 0.769. The minimum atomic E-state index is 0.172. The summed E-state index contributed by atoms with van der Waals surface area (Å²) in [5, 5.41) is 4.53. The highest BCUT2D eigenvalue weighted by atomic mass is 32.1. The lowest BCUT2D eigenvalue weighted by molar-refractivity contribution is 0.583. The zero-order valence-corrected chi connectivity index (χ0v) is 12.2. The van der Waals surface area contributed by atoms with Crippen molar-refractivity contribution in [1.29, 1.82) is 0 Å². The van der Waals surface area contributed by atoms with E-state index < -0.39 is 0 Å². The van der Waals surface area contributed by atoms with E-state index in [1.165, 1.54) is 22.0 Å². The van der Waals surface area contributed by atoms with Gasteiger partial charge in [-0.3, -0.25) is 0 Å². The Bertz CT molecular complexity index is 336. The molecule has 0 radical (unpaired) electrons. The lowest BCUT2D eigenvalue weighted by Crippen LogP contribution is -2.16. The molecule has 1 rings (SSSR count). The van der Waals surface area contributed by atoms with E-state index in [0.717, 1.165) is 6.54 Å². The molecule has 1 aromatic rings. The Morgan fingerprint density at radius 1 is 1.38 bits per heavy atom. The van der Waals surface area contributed by atoms with Gasteiger partial charge in [0, 0.05) is 22.8 Å². The summed E-state index contributed by atoms with van der Waals surface area (Å²) >= 11 is 1.89. The number of nitrogens with one attached hydrogen (secondary N) is 1. The highest BCUT2D eigenvalue weighted by molar-refractivity contribution is 7.12. The predicted octanol–water partition coefficient (Wildman–Crippen LogP) is 3.46. The van der Waals surface area contributed by atoms with Crippen LogP contribution in [0.4, 0.5) is 0 Å². The molecule has 16 heavy (non-hydrogen) atoms. The molecule has 1 heterocycles. The van der Waals surface area contributed by atoms with Crippen LogP contribution in [0.15, 0.2) is 0 Å². The number of likely N-dealkylation sites (N-methyl/N-ethyl adjacent to an activating group) is 1. The Hall–Kier alpha value is -0.410. The Morgan fingerprint density at radius 2 is 2.00 bits per heavy atom. The van der Waals surface area contributed by atoms with Crippen LogP contribution in [-0.4, -0.2) is 18.6 Å². The van der Waals surface area contributed by atoms with Crippen molar-refractivity contribution < 1.29 is 0 Å². The first-order chi connectivity index (χ1) is 7.40. The zero-order valence-electron chi connectivity index (χ0n) is 11.3. The monoisotopic (exact) mass is 240 g/mol. The molecule has 1 atom stereocenters. The van der Waals surface area contributed by atoms with E-state index in [9.17, 15) is 0 Å². The molecular weight excluding hydrogens is 216 g/mol. The van der Waals surface area contributed by atoms with Crippen molar-refractivity contribution in [3.05, 3.63) is 15.6 Å². The number of rotatable bonds is 4. The van der Waals surface area contributed by atoms with Crippen molar-refractivity contribution in [2.75, 3.05) is 13.6 Å². The molecule has 1 unspecified atom stereocenters. The third-order valence-electron chi connectivity index (χ3n) is 2.79. The second kappa shape index (κ2) is 5.28. The Labute approximate surface area is 103 Å². The molecule has 0 fully saturated rings. The zero-order chi connectivity index (χ0) is 12.3. The summed E-state index contributed by atoms with van der Waals surface area (Å²) in [6.45, 7) is 12.1. The molecule has 0 aliphatic rings. The summed E-state index contributed by atoms with van der Waals surface area (Å²) in [6.07, 6.45) is 1.17. The van der Waals surface area contributed by atoms with Crippen LogP contribution in [0.5, 0.6) is 0 Å². The molecule has 0 spiro atoms. The van der Waals surface area contributed by atoms with E-state index in [2.05, 4.69) is 39.9 Å². The normalized spacial score (nSPS) is 14.1. The number of nitrogens with zero attached hydrogens (tertiary/aromatic N) is 1. The van der Waals surface area contributed by atoms with E-state index in [-0.39, 0.29) is 5.41 Å². The van der Waals surface area contributed by atoms with Crippen molar-refractivity contribution in [3.63, 3.8) is 0 Å². The first kappa shape index (κ1) is 13.7. The van der Waals surface area contributed by atoms with Gasteiger partial charge in [-0.25, -0.2) is 4.98 Å². The van der Waals surface area contributed by atoms with Gasteiger partial charge in [0.05, 0.1) is 10.7 Å². The molecule has 0 saturated heterocycles. The summed E-state index contributed by atoms with van der Waals surface area (Å²) < 4.78 is 0. The molecule has 0 aromatic carbocycles.